The lowest BCUT2D eigenvalue weighted by atomic mass is 10.0. The van der Waals surface area contributed by atoms with Crippen molar-refractivity contribution in [1.82, 2.24) is 15.6 Å². The van der Waals surface area contributed by atoms with Gasteiger partial charge in [-0.25, -0.2) is 10.1 Å². The number of para-hydroxylation sites is 1. The number of fused-ring (bicyclic) bond motifs is 1. The molecule has 0 fully saturated rings. The highest BCUT2D eigenvalue weighted by Crippen LogP contribution is 2.19. The minimum Gasteiger partial charge on any atom is -0.368 e. The smallest absolute Gasteiger partial charge is 0.278 e. The van der Waals surface area contributed by atoms with E-state index in [1.165, 1.54) is 0 Å². The number of H-pyrrole nitrogens is 1. The van der Waals surface area contributed by atoms with Gasteiger partial charge in [0.2, 0.25) is 5.91 Å². The molecule has 156 valence electrons. The van der Waals surface area contributed by atoms with Crippen LogP contribution in [0.1, 0.15) is 18.4 Å². The number of guanidine groups is 1. The maximum Gasteiger partial charge on any atom is 0.278 e. The number of nitrogens with two attached hydrogens (primary N) is 2. The lowest BCUT2D eigenvalue weighted by Crippen LogP contribution is -2.69. The van der Waals surface area contributed by atoms with Crippen LogP contribution in [0.5, 0.6) is 0 Å². The normalized spacial score (nSPS) is 13.6. The van der Waals surface area contributed by atoms with Gasteiger partial charge in [0.05, 0.1) is 0 Å². The fourth-order valence-electron chi connectivity index (χ4n) is 2.85. The zero-order chi connectivity index (χ0) is 21.4. The summed E-state index contributed by atoms with van der Waals surface area (Å²) in [5.41, 5.74) is 16.4. The molecule has 0 aliphatic carbocycles. The van der Waals surface area contributed by atoms with E-state index in [2.05, 4.69) is 26.5 Å². The van der Waals surface area contributed by atoms with Crippen LogP contribution < -0.4 is 27.8 Å². The zero-order valence-electron chi connectivity index (χ0n) is 15.8. The number of nitrogens with one attached hydrogen (secondary N) is 3. The van der Waals surface area contributed by atoms with E-state index in [9.17, 15) is 19.7 Å². The van der Waals surface area contributed by atoms with E-state index in [0.717, 1.165) is 16.5 Å². The second-order valence-corrected chi connectivity index (χ2v) is 6.52. The van der Waals surface area contributed by atoms with Crippen molar-refractivity contribution in [3.8, 4) is 0 Å². The Labute approximate surface area is 166 Å². The second kappa shape index (κ2) is 10.0. The average Bonchev–Trinajstić information content (AvgIpc) is 3.06. The number of nitro groups is 1. The fourth-order valence-corrected chi connectivity index (χ4v) is 2.85. The number of nitrogens with zero attached hydrogens (tertiary/aromatic N) is 2. The van der Waals surface area contributed by atoms with Crippen LogP contribution in [0.25, 0.3) is 10.9 Å². The number of hydrogen-bond donors (Lipinski definition) is 6. The van der Waals surface area contributed by atoms with Gasteiger partial charge >= 0.3 is 0 Å². The number of hydrogen-bond acceptors (Lipinski definition) is 4. The summed E-state index contributed by atoms with van der Waals surface area (Å²) in [7, 11) is 0. The van der Waals surface area contributed by atoms with E-state index in [0.29, 0.717) is 12.8 Å². The molecule has 12 nitrogen and oxygen atoms in total. The van der Waals surface area contributed by atoms with Crippen LogP contribution in [0.2, 0.25) is 0 Å². The number of quaternary nitrogens is 1. The number of rotatable bonds is 10. The number of amides is 2. The molecule has 12 heteroatoms. The monoisotopic (exact) mass is 405 g/mol. The van der Waals surface area contributed by atoms with Crippen LogP contribution in [-0.2, 0) is 16.0 Å². The molecule has 0 aliphatic rings. The van der Waals surface area contributed by atoms with Crippen LogP contribution in [0.4, 0.5) is 0 Å². The van der Waals surface area contributed by atoms with Crippen molar-refractivity contribution in [3.63, 3.8) is 0 Å². The fraction of sp³-hybridized carbons (Fsp3) is 0.353. The first-order valence-electron chi connectivity index (χ1n) is 8.98. The largest absolute Gasteiger partial charge is 0.368 e. The molecule has 0 radical (unpaired) electrons. The predicted molar refractivity (Wildman–Crippen MR) is 106 cm³/mol. The Bertz CT molecular complexity index is 910. The molecule has 10 N–H and O–H groups in total. The van der Waals surface area contributed by atoms with E-state index in [1.54, 1.807) is 6.20 Å². The van der Waals surface area contributed by atoms with Gasteiger partial charge in [0.1, 0.15) is 11.1 Å². The highest BCUT2D eigenvalue weighted by atomic mass is 16.7. The van der Waals surface area contributed by atoms with Crippen molar-refractivity contribution in [3.05, 3.63) is 46.1 Å². The summed E-state index contributed by atoms with van der Waals surface area (Å²) in [5.74, 6) is -1.35. The Morgan fingerprint density at radius 1 is 1.31 bits per heavy atom. The van der Waals surface area contributed by atoms with Gasteiger partial charge in [-0.2, -0.15) is 0 Å². The number of primary amides is 1. The van der Waals surface area contributed by atoms with Crippen LogP contribution >= 0.6 is 0 Å². The van der Waals surface area contributed by atoms with Gasteiger partial charge < -0.3 is 32.8 Å². The summed E-state index contributed by atoms with van der Waals surface area (Å²) >= 11 is 0. The summed E-state index contributed by atoms with van der Waals surface area (Å²) < 4.78 is 0. The second-order valence-electron chi connectivity index (χ2n) is 6.52. The molecular formula is C17H25N8O4+. The van der Waals surface area contributed by atoms with Crippen molar-refractivity contribution in [1.29, 1.82) is 0 Å². The van der Waals surface area contributed by atoms with Crippen molar-refractivity contribution < 1.29 is 20.4 Å². The third-order valence-electron chi connectivity index (χ3n) is 4.35. The number of hydrazone groups is 1. The summed E-state index contributed by atoms with van der Waals surface area (Å²) in [6.07, 6.45) is 2.90. The van der Waals surface area contributed by atoms with Crippen LogP contribution in [0, 0.1) is 10.1 Å². The topological polar surface area (TPSA) is 209 Å². The molecule has 0 aliphatic heterocycles. The molecule has 1 heterocycles. The summed E-state index contributed by atoms with van der Waals surface area (Å²) in [6, 6.07) is 6.13. The molecule has 0 saturated carbocycles. The molecule has 2 amide bonds. The number of carbonyl (C=O) groups is 2. The van der Waals surface area contributed by atoms with Crippen LogP contribution in [-0.4, -0.2) is 46.4 Å². The van der Waals surface area contributed by atoms with Crippen molar-refractivity contribution in [2.75, 3.05) is 6.54 Å². The lowest BCUT2D eigenvalue weighted by Gasteiger charge is -2.17. The first-order chi connectivity index (χ1) is 13.8. The van der Waals surface area contributed by atoms with Crippen LogP contribution in [0.15, 0.2) is 35.6 Å². The Morgan fingerprint density at radius 2 is 2.03 bits per heavy atom. The Morgan fingerprint density at radius 3 is 2.72 bits per heavy atom. The van der Waals surface area contributed by atoms with Gasteiger partial charge in [-0.15, -0.1) is 0 Å². The van der Waals surface area contributed by atoms with E-state index in [4.69, 9.17) is 11.5 Å². The van der Waals surface area contributed by atoms with Crippen LogP contribution in [0.3, 0.4) is 0 Å². The number of benzene rings is 1. The molecule has 2 rings (SSSR count). The van der Waals surface area contributed by atoms with E-state index >= 15 is 0 Å². The Kier molecular flexibility index (Phi) is 7.48. The zero-order valence-corrected chi connectivity index (χ0v) is 15.8. The first kappa shape index (κ1) is 21.6. The molecule has 0 spiro atoms. The Hall–Kier alpha value is -3.67. The predicted octanol–water partition coefficient (Wildman–Crippen LogP) is -1.83. The average molecular weight is 405 g/mol. The van der Waals surface area contributed by atoms with E-state index in [1.807, 2.05) is 24.3 Å². The maximum absolute atomic E-state index is 12.4. The van der Waals surface area contributed by atoms with Gasteiger partial charge in [0, 0.05) is 36.5 Å². The van der Waals surface area contributed by atoms with E-state index in [-0.39, 0.29) is 18.9 Å². The van der Waals surface area contributed by atoms with Gasteiger partial charge in [-0.3, -0.25) is 9.59 Å². The molecule has 2 atom stereocenters. The van der Waals surface area contributed by atoms with Crippen molar-refractivity contribution in [2.24, 2.45) is 16.6 Å². The maximum atomic E-state index is 12.4. The molecule has 1 aromatic carbocycles. The third-order valence-corrected chi connectivity index (χ3v) is 4.35. The lowest BCUT2D eigenvalue weighted by molar-refractivity contribution is -0.485. The van der Waals surface area contributed by atoms with Gasteiger partial charge in [-0.1, -0.05) is 18.2 Å². The SMILES string of the molecule is NC(=O)[C@H](Cc1c[nH]c2ccccc12)NC(=O)[C@@H]([NH3+])CCCN/C(N)=N/[N+](=O)[O-]. The summed E-state index contributed by atoms with van der Waals surface area (Å²) in [4.78, 5) is 37.5. The minimum absolute atomic E-state index is 0.257. The number of aromatic nitrogens is 1. The van der Waals surface area contributed by atoms with Crippen molar-refractivity contribution >= 4 is 28.7 Å². The summed E-state index contributed by atoms with van der Waals surface area (Å²) in [6.45, 7) is 0.289. The van der Waals surface area contributed by atoms with Gasteiger partial charge in [0.25, 0.3) is 11.9 Å². The molecular weight excluding hydrogens is 380 g/mol. The third kappa shape index (κ3) is 6.46. The first-order valence-corrected chi connectivity index (χ1v) is 8.98. The standard InChI is InChI=1S/C17H24N8O4/c18-12(5-3-7-21-17(20)24-25(28)29)16(27)23-14(15(19)26)8-10-9-22-13-6-2-1-4-11(10)13/h1-2,4,6,9,12,14,22H,3,5,7-8,18H2,(H2,19,26)(H,23,27)(H3,20,21,24)/p+1/t12-,14-/m0/s1. The highest BCUT2D eigenvalue weighted by molar-refractivity contribution is 5.90. The van der Waals surface area contributed by atoms with E-state index < -0.39 is 28.9 Å². The molecule has 0 unspecified atom stereocenters. The van der Waals surface area contributed by atoms with Gasteiger partial charge in [-0.05, 0) is 18.1 Å². The Balaban J connectivity index is 1.87. The minimum atomic E-state index is -0.905. The van der Waals surface area contributed by atoms with Gasteiger partial charge in [0.15, 0.2) is 11.1 Å². The molecule has 1 aromatic heterocycles. The molecule has 29 heavy (non-hydrogen) atoms. The highest BCUT2D eigenvalue weighted by Gasteiger charge is 2.25. The molecule has 2 aromatic rings. The quantitative estimate of drug-likeness (QED) is 0.0879. The number of aromatic amines is 1. The molecule has 0 bridgehead atoms. The molecule has 0 saturated heterocycles. The number of carbonyl (C=O) groups excluding carboxylic acids is 2. The van der Waals surface area contributed by atoms with Crippen molar-refractivity contribution in [2.45, 2.75) is 31.3 Å². The summed E-state index contributed by atoms with van der Waals surface area (Å²) in [5, 5.41) is 18.3.